The summed E-state index contributed by atoms with van der Waals surface area (Å²) >= 11 is 0. The highest BCUT2D eigenvalue weighted by atomic mass is 33.1. The highest BCUT2D eigenvalue weighted by molar-refractivity contribution is 8.79. The Morgan fingerprint density at radius 3 is 1.47 bits per heavy atom. The lowest BCUT2D eigenvalue weighted by Gasteiger charge is -2.13. The van der Waals surface area contributed by atoms with Gasteiger partial charge in [0.25, 0.3) is 0 Å². The van der Waals surface area contributed by atoms with Crippen LogP contribution in [0.1, 0.15) is 24.0 Å². The fourth-order valence-electron chi connectivity index (χ4n) is 4.62. The smallest absolute Gasteiger partial charge is 0.138 e. The van der Waals surface area contributed by atoms with Crippen LogP contribution in [0.3, 0.4) is 0 Å². The molecule has 0 amide bonds. The molecule has 2 aliphatic carbocycles. The molecule has 2 nitrogen and oxygen atoms in total. The van der Waals surface area contributed by atoms with E-state index < -0.39 is 0 Å². The molecule has 0 N–H and O–H groups in total. The SMILES string of the molecule is C1=C[C@@H]2OC(c3ccccc3)=C(SSC3=C(c4ccccc4)O[C@H]4C=CC[C@@H]34)[C@@H]2C1. The van der Waals surface area contributed by atoms with Gasteiger partial charge in [-0.3, -0.25) is 0 Å². The maximum absolute atomic E-state index is 6.40. The Labute approximate surface area is 185 Å². The molecule has 2 aromatic rings. The molecule has 0 radical (unpaired) electrons. The quantitative estimate of drug-likeness (QED) is 0.373. The lowest BCUT2D eigenvalue weighted by Crippen LogP contribution is -2.10. The van der Waals surface area contributed by atoms with Gasteiger partial charge in [0.15, 0.2) is 0 Å². The third-order valence-electron chi connectivity index (χ3n) is 6.15. The zero-order valence-corrected chi connectivity index (χ0v) is 18.1. The fraction of sp³-hybridized carbons (Fsp3) is 0.231. The standard InChI is InChI=1S/C26H22O2S2/c1-3-9-17(10-4-1)23-25(19-13-7-15-21(19)27-23)29-30-26-20-14-8-16-22(20)28-24(26)18-11-5-2-6-12-18/h1-12,15-16,19-22H,13-14H2/t19-,20-,21+,22+/m1/s1. The van der Waals surface area contributed by atoms with Crippen LogP contribution >= 0.6 is 21.6 Å². The summed E-state index contributed by atoms with van der Waals surface area (Å²) in [5.74, 6) is 2.96. The molecule has 0 saturated carbocycles. The monoisotopic (exact) mass is 430 g/mol. The fourth-order valence-corrected chi connectivity index (χ4v) is 7.73. The van der Waals surface area contributed by atoms with Crippen LogP contribution in [0.15, 0.2) is 94.8 Å². The molecule has 30 heavy (non-hydrogen) atoms. The van der Waals surface area contributed by atoms with E-state index in [0.29, 0.717) is 11.8 Å². The third kappa shape index (κ3) is 3.14. The van der Waals surface area contributed by atoms with Gasteiger partial charge in [-0.2, -0.15) is 0 Å². The second-order valence-corrected chi connectivity index (χ2v) is 10.2. The largest absolute Gasteiger partial charge is 0.484 e. The number of hydrogen-bond acceptors (Lipinski definition) is 4. The molecular weight excluding hydrogens is 408 g/mol. The van der Waals surface area contributed by atoms with E-state index in [1.54, 1.807) is 0 Å². The molecule has 0 spiro atoms. The van der Waals surface area contributed by atoms with E-state index in [1.165, 1.54) is 20.9 Å². The summed E-state index contributed by atoms with van der Waals surface area (Å²) in [6, 6.07) is 21.0. The number of hydrogen-bond donors (Lipinski definition) is 0. The zero-order valence-electron chi connectivity index (χ0n) is 16.4. The molecule has 2 aliphatic heterocycles. The minimum absolute atomic E-state index is 0.173. The van der Waals surface area contributed by atoms with Gasteiger partial charge in [0, 0.05) is 32.8 Å². The topological polar surface area (TPSA) is 18.5 Å². The Balaban J connectivity index is 1.33. The van der Waals surface area contributed by atoms with Gasteiger partial charge in [0.1, 0.15) is 23.7 Å². The van der Waals surface area contributed by atoms with Gasteiger partial charge < -0.3 is 9.47 Å². The van der Waals surface area contributed by atoms with Gasteiger partial charge in [-0.25, -0.2) is 0 Å². The molecule has 4 heteroatoms. The second-order valence-electron chi connectivity index (χ2n) is 7.99. The minimum Gasteiger partial charge on any atom is -0.484 e. The van der Waals surface area contributed by atoms with Crippen LogP contribution in [0.5, 0.6) is 0 Å². The first-order valence-electron chi connectivity index (χ1n) is 10.5. The van der Waals surface area contributed by atoms with Crippen LogP contribution in [0.2, 0.25) is 0 Å². The number of rotatable bonds is 5. The maximum atomic E-state index is 6.40. The van der Waals surface area contributed by atoms with Gasteiger partial charge in [0.2, 0.25) is 0 Å². The molecular formula is C26H22O2S2. The van der Waals surface area contributed by atoms with Crippen molar-refractivity contribution < 1.29 is 9.47 Å². The first-order valence-corrected chi connectivity index (χ1v) is 12.6. The van der Waals surface area contributed by atoms with E-state index in [9.17, 15) is 0 Å². The molecule has 0 bridgehead atoms. The van der Waals surface area contributed by atoms with Crippen LogP contribution in [0.4, 0.5) is 0 Å². The molecule has 0 aromatic heterocycles. The van der Waals surface area contributed by atoms with Crippen molar-refractivity contribution in [1.29, 1.82) is 0 Å². The van der Waals surface area contributed by atoms with Crippen molar-refractivity contribution in [2.24, 2.45) is 11.8 Å². The van der Waals surface area contributed by atoms with Crippen LogP contribution in [0.25, 0.3) is 11.5 Å². The highest BCUT2D eigenvalue weighted by Gasteiger charge is 2.41. The Kier molecular flexibility index (Phi) is 4.77. The van der Waals surface area contributed by atoms with E-state index in [4.69, 9.17) is 9.47 Å². The summed E-state index contributed by atoms with van der Waals surface area (Å²) in [7, 11) is 3.75. The molecule has 0 saturated heterocycles. The van der Waals surface area contributed by atoms with Crippen molar-refractivity contribution in [2.75, 3.05) is 0 Å². The van der Waals surface area contributed by atoms with Gasteiger partial charge in [-0.05, 0) is 25.0 Å². The van der Waals surface area contributed by atoms with E-state index in [-0.39, 0.29) is 12.2 Å². The summed E-state index contributed by atoms with van der Waals surface area (Å²) in [6.45, 7) is 0. The molecule has 0 unspecified atom stereocenters. The van der Waals surface area contributed by atoms with Crippen molar-refractivity contribution in [3.05, 3.63) is 106 Å². The third-order valence-corrected chi connectivity index (χ3v) is 8.89. The van der Waals surface area contributed by atoms with Gasteiger partial charge >= 0.3 is 0 Å². The summed E-state index contributed by atoms with van der Waals surface area (Å²) in [6.07, 6.45) is 11.4. The number of benzene rings is 2. The highest BCUT2D eigenvalue weighted by Crippen LogP contribution is 2.57. The molecule has 4 aliphatic rings. The summed E-state index contributed by atoms with van der Waals surface area (Å²) in [5.41, 5.74) is 2.34. The van der Waals surface area contributed by atoms with E-state index in [0.717, 1.165) is 24.4 Å². The first kappa shape index (κ1) is 18.5. The van der Waals surface area contributed by atoms with Crippen LogP contribution in [-0.4, -0.2) is 12.2 Å². The first-order chi connectivity index (χ1) is 14.9. The molecule has 2 aromatic carbocycles. The van der Waals surface area contributed by atoms with E-state index in [2.05, 4.69) is 85.0 Å². The van der Waals surface area contributed by atoms with Crippen molar-refractivity contribution in [3.63, 3.8) is 0 Å². The van der Waals surface area contributed by atoms with Crippen LogP contribution in [-0.2, 0) is 9.47 Å². The molecule has 4 atom stereocenters. The summed E-state index contributed by atoms with van der Waals surface area (Å²) in [5, 5.41) is 0. The Bertz CT molecular complexity index is 981. The van der Waals surface area contributed by atoms with Crippen LogP contribution in [0, 0.1) is 11.8 Å². The predicted octanol–water partition coefficient (Wildman–Crippen LogP) is 7.06. The second kappa shape index (κ2) is 7.75. The van der Waals surface area contributed by atoms with E-state index in [1.807, 2.05) is 21.6 Å². The Hall–Kier alpha value is -2.30. The van der Waals surface area contributed by atoms with Gasteiger partial charge in [-0.15, -0.1) is 0 Å². The van der Waals surface area contributed by atoms with Gasteiger partial charge in [-0.1, -0.05) is 94.4 Å². The Morgan fingerprint density at radius 1 is 0.600 bits per heavy atom. The number of fused-ring (bicyclic) bond motifs is 2. The van der Waals surface area contributed by atoms with Crippen molar-refractivity contribution >= 4 is 33.1 Å². The summed E-state index contributed by atoms with van der Waals surface area (Å²) in [4.78, 5) is 2.71. The molecule has 6 rings (SSSR count). The number of ether oxygens (including phenoxy) is 2. The predicted molar refractivity (Wildman–Crippen MR) is 126 cm³/mol. The minimum atomic E-state index is 0.173. The van der Waals surface area contributed by atoms with Crippen LogP contribution < -0.4 is 0 Å². The lowest BCUT2D eigenvalue weighted by atomic mass is 10.0. The van der Waals surface area contributed by atoms with Crippen molar-refractivity contribution in [2.45, 2.75) is 25.0 Å². The average molecular weight is 431 g/mol. The maximum Gasteiger partial charge on any atom is 0.138 e. The average Bonchev–Trinajstić information content (AvgIpc) is 3.55. The number of allylic oxidation sites excluding steroid dienone is 2. The summed E-state index contributed by atoms with van der Waals surface area (Å²) < 4.78 is 12.8. The van der Waals surface area contributed by atoms with Crippen molar-refractivity contribution in [1.82, 2.24) is 0 Å². The molecule has 2 heterocycles. The zero-order chi connectivity index (χ0) is 19.9. The van der Waals surface area contributed by atoms with E-state index >= 15 is 0 Å². The molecule has 150 valence electrons. The normalized spacial score (nSPS) is 28.7. The van der Waals surface area contributed by atoms with Gasteiger partial charge in [0.05, 0.1) is 0 Å². The Morgan fingerprint density at radius 2 is 1.03 bits per heavy atom. The lowest BCUT2D eigenvalue weighted by molar-refractivity contribution is 0.207. The van der Waals surface area contributed by atoms with Crippen molar-refractivity contribution in [3.8, 4) is 0 Å². The molecule has 0 fully saturated rings.